The first-order chi connectivity index (χ1) is 9.45. The van der Waals surface area contributed by atoms with E-state index in [4.69, 9.17) is 17.4 Å². The predicted octanol–water partition coefficient (Wildman–Crippen LogP) is 3.31. The minimum Gasteiger partial charge on any atom is -0.271 e. The summed E-state index contributed by atoms with van der Waals surface area (Å²) in [6.07, 6.45) is -3.03. The molecule has 0 amide bonds. The Morgan fingerprint density at radius 1 is 1.15 bits per heavy atom. The van der Waals surface area contributed by atoms with Gasteiger partial charge in [-0.05, 0) is 23.8 Å². The third-order valence-corrected chi connectivity index (χ3v) is 3.12. The Morgan fingerprint density at radius 2 is 1.85 bits per heavy atom. The minimum atomic E-state index is -4.48. The summed E-state index contributed by atoms with van der Waals surface area (Å²) >= 11 is 5.97. The lowest BCUT2D eigenvalue weighted by molar-refractivity contribution is -0.138. The van der Waals surface area contributed by atoms with Crippen LogP contribution in [0.3, 0.4) is 0 Å². The van der Waals surface area contributed by atoms with Gasteiger partial charge in [-0.1, -0.05) is 29.8 Å². The van der Waals surface area contributed by atoms with Crippen LogP contribution >= 0.6 is 11.6 Å². The molecule has 2 aromatic rings. The fourth-order valence-electron chi connectivity index (χ4n) is 1.93. The summed E-state index contributed by atoms with van der Waals surface area (Å²) in [4.78, 5) is 4.01. The average Bonchev–Trinajstić information content (AvgIpc) is 2.41. The van der Waals surface area contributed by atoms with E-state index in [9.17, 15) is 13.2 Å². The lowest BCUT2D eigenvalue weighted by Crippen LogP contribution is -2.31. The molecule has 1 unspecified atom stereocenters. The van der Waals surface area contributed by atoms with Crippen LogP contribution in [0, 0.1) is 0 Å². The Balaban J connectivity index is 2.57. The van der Waals surface area contributed by atoms with Crippen LogP contribution in [0.1, 0.15) is 22.9 Å². The molecular weight excluding hydrogens is 291 g/mol. The third kappa shape index (κ3) is 2.92. The van der Waals surface area contributed by atoms with E-state index in [1.807, 2.05) is 0 Å². The van der Waals surface area contributed by atoms with Crippen molar-refractivity contribution < 1.29 is 13.2 Å². The third-order valence-electron chi connectivity index (χ3n) is 2.80. The van der Waals surface area contributed by atoms with Gasteiger partial charge in [0.05, 0.1) is 22.3 Å². The van der Waals surface area contributed by atoms with E-state index in [0.29, 0.717) is 0 Å². The van der Waals surface area contributed by atoms with Gasteiger partial charge in [-0.3, -0.25) is 10.8 Å². The molecule has 0 aliphatic heterocycles. The number of halogens is 4. The fraction of sp³-hybridized carbons (Fsp3) is 0.154. The number of nitrogens with two attached hydrogens (primary N) is 1. The maximum atomic E-state index is 13.0. The van der Waals surface area contributed by atoms with Crippen molar-refractivity contribution in [2.75, 3.05) is 0 Å². The topological polar surface area (TPSA) is 50.9 Å². The van der Waals surface area contributed by atoms with E-state index >= 15 is 0 Å². The number of hydrogen-bond donors (Lipinski definition) is 2. The molecule has 7 heteroatoms. The molecule has 0 bridgehead atoms. The van der Waals surface area contributed by atoms with Crippen molar-refractivity contribution >= 4 is 11.6 Å². The zero-order valence-electron chi connectivity index (χ0n) is 10.2. The summed E-state index contributed by atoms with van der Waals surface area (Å²) in [7, 11) is 0. The molecule has 1 aromatic carbocycles. The fourth-order valence-corrected chi connectivity index (χ4v) is 2.16. The number of pyridine rings is 1. The van der Waals surface area contributed by atoms with Gasteiger partial charge in [0.2, 0.25) is 0 Å². The Labute approximate surface area is 118 Å². The second-order valence-corrected chi connectivity index (χ2v) is 4.46. The van der Waals surface area contributed by atoms with Crippen LogP contribution in [0.25, 0.3) is 0 Å². The summed E-state index contributed by atoms with van der Waals surface area (Å²) in [5.74, 6) is 5.40. The zero-order valence-corrected chi connectivity index (χ0v) is 10.9. The molecule has 3 nitrogen and oxygen atoms in total. The Kier molecular flexibility index (Phi) is 4.27. The second-order valence-electron chi connectivity index (χ2n) is 4.06. The first-order valence-electron chi connectivity index (χ1n) is 5.68. The summed E-state index contributed by atoms with van der Waals surface area (Å²) in [5, 5.41) is 0.243. The molecule has 1 heterocycles. The highest BCUT2D eigenvalue weighted by molar-refractivity contribution is 6.31. The van der Waals surface area contributed by atoms with E-state index < -0.39 is 17.8 Å². The highest BCUT2D eigenvalue weighted by Gasteiger charge is 2.35. The highest BCUT2D eigenvalue weighted by atomic mass is 35.5. The maximum absolute atomic E-state index is 13.0. The van der Waals surface area contributed by atoms with Gasteiger partial charge in [0.15, 0.2) is 0 Å². The van der Waals surface area contributed by atoms with E-state index in [1.54, 1.807) is 12.1 Å². The van der Waals surface area contributed by atoms with Gasteiger partial charge >= 0.3 is 6.18 Å². The monoisotopic (exact) mass is 301 g/mol. The number of nitrogens with one attached hydrogen (secondary N) is 1. The number of hydrazine groups is 1. The van der Waals surface area contributed by atoms with Crippen molar-refractivity contribution in [2.45, 2.75) is 12.2 Å². The first kappa shape index (κ1) is 14.8. The molecule has 0 aliphatic rings. The number of alkyl halides is 3. The van der Waals surface area contributed by atoms with Crippen LogP contribution in [-0.4, -0.2) is 4.98 Å². The summed E-state index contributed by atoms with van der Waals surface area (Å²) in [6.45, 7) is 0. The van der Waals surface area contributed by atoms with Crippen molar-refractivity contribution in [3.63, 3.8) is 0 Å². The Morgan fingerprint density at radius 3 is 2.45 bits per heavy atom. The van der Waals surface area contributed by atoms with Crippen LogP contribution in [0.4, 0.5) is 13.2 Å². The molecule has 0 spiro atoms. The van der Waals surface area contributed by atoms with Crippen LogP contribution in [0.2, 0.25) is 5.02 Å². The van der Waals surface area contributed by atoms with Crippen LogP contribution in [0.5, 0.6) is 0 Å². The first-order valence-corrected chi connectivity index (χ1v) is 6.05. The lowest BCUT2D eigenvalue weighted by atomic mass is 9.97. The van der Waals surface area contributed by atoms with Crippen LogP contribution in [0.15, 0.2) is 42.6 Å². The SMILES string of the molecule is NNC(c1ccccc1C(F)(F)F)c1ncccc1Cl. The molecule has 20 heavy (non-hydrogen) atoms. The molecular formula is C13H11ClF3N3. The van der Waals surface area contributed by atoms with Crippen LogP contribution < -0.4 is 11.3 Å². The number of hydrogen-bond acceptors (Lipinski definition) is 3. The summed E-state index contributed by atoms with van der Waals surface area (Å²) < 4.78 is 39.1. The number of nitrogens with zero attached hydrogens (tertiary/aromatic N) is 1. The summed E-state index contributed by atoms with van der Waals surface area (Å²) in [6, 6.07) is 7.36. The maximum Gasteiger partial charge on any atom is 0.416 e. The molecule has 1 aromatic heterocycles. The normalized spacial score (nSPS) is 13.2. The van der Waals surface area contributed by atoms with Gasteiger partial charge < -0.3 is 0 Å². The molecule has 0 aliphatic carbocycles. The molecule has 0 fully saturated rings. The van der Waals surface area contributed by atoms with Crippen molar-refractivity contribution in [1.82, 2.24) is 10.4 Å². The standard InChI is InChI=1S/C13H11ClF3N3/c14-10-6-3-7-19-12(10)11(20-18)8-4-1-2-5-9(8)13(15,16)17/h1-7,11,20H,18H2. The Hall–Kier alpha value is -1.63. The van der Waals surface area contributed by atoms with Crippen molar-refractivity contribution in [3.8, 4) is 0 Å². The smallest absolute Gasteiger partial charge is 0.271 e. The highest BCUT2D eigenvalue weighted by Crippen LogP contribution is 2.36. The van der Waals surface area contributed by atoms with E-state index in [0.717, 1.165) is 6.07 Å². The van der Waals surface area contributed by atoms with Crippen LogP contribution in [-0.2, 0) is 6.18 Å². The molecule has 2 rings (SSSR count). The number of rotatable bonds is 3. The predicted molar refractivity (Wildman–Crippen MR) is 69.9 cm³/mol. The lowest BCUT2D eigenvalue weighted by Gasteiger charge is -2.21. The van der Waals surface area contributed by atoms with Gasteiger partial charge in [-0.15, -0.1) is 0 Å². The molecule has 0 saturated heterocycles. The van der Waals surface area contributed by atoms with Gasteiger partial charge in [-0.25, -0.2) is 5.43 Å². The molecule has 1 atom stereocenters. The minimum absolute atomic E-state index is 0.0249. The van der Waals surface area contributed by atoms with E-state index in [1.165, 1.54) is 24.4 Å². The molecule has 0 saturated carbocycles. The van der Waals surface area contributed by atoms with Gasteiger partial charge in [0, 0.05) is 6.20 Å². The Bertz CT molecular complexity index is 601. The van der Waals surface area contributed by atoms with Gasteiger partial charge in [0.1, 0.15) is 0 Å². The van der Waals surface area contributed by atoms with Gasteiger partial charge in [0.25, 0.3) is 0 Å². The number of aromatic nitrogens is 1. The van der Waals surface area contributed by atoms with E-state index in [2.05, 4.69) is 10.4 Å². The molecule has 0 radical (unpaired) electrons. The van der Waals surface area contributed by atoms with Gasteiger partial charge in [-0.2, -0.15) is 13.2 Å². The molecule has 106 valence electrons. The number of benzene rings is 1. The molecule has 3 N–H and O–H groups in total. The largest absolute Gasteiger partial charge is 0.416 e. The van der Waals surface area contributed by atoms with Crippen molar-refractivity contribution in [3.05, 3.63) is 64.4 Å². The van der Waals surface area contributed by atoms with Crippen molar-refractivity contribution in [1.29, 1.82) is 0 Å². The van der Waals surface area contributed by atoms with Crippen molar-refractivity contribution in [2.24, 2.45) is 5.84 Å². The van der Waals surface area contributed by atoms with E-state index in [-0.39, 0.29) is 16.3 Å². The average molecular weight is 302 g/mol. The summed E-state index contributed by atoms with van der Waals surface area (Å²) in [5.41, 5.74) is 1.79. The zero-order chi connectivity index (χ0) is 14.8. The quantitative estimate of drug-likeness (QED) is 0.675. The second kappa shape index (κ2) is 5.78.